The number of ether oxygens (including phenoxy) is 1. The van der Waals surface area contributed by atoms with Crippen LogP contribution in [0.5, 0.6) is 5.75 Å². The lowest BCUT2D eigenvalue weighted by Crippen LogP contribution is -2.27. The fraction of sp³-hybridized carbons (Fsp3) is 0.188. The second-order valence-corrected chi connectivity index (χ2v) is 4.66. The lowest BCUT2D eigenvalue weighted by molar-refractivity contribution is 0.0835. The van der Waals surface area contributed by atoms with Gasteiger partial charge in [-0.1, -0.05) is 6.07 Å². The van der Waals surface area contributed by atoms with Gasteiger partial charge in [-0.15, -0.1) is 0 Å². The fourth-order valence-corrected chi connectivity index (χ4v) is 2.29. The maximum atomic E-state index is 12.3. The molecule has 1 aliphatic rings. The topological polar surface area (TPSA) is 63.0 Å². The van der Waals surface area contributed by atoms with Gasteiger partial charge in [-0.05, 0) is 30.3 Å². The molecule has 2 heterocycles. The van der Waals surface area contributed by atoms with Crippen molar-refractivity contribution in [2.75, 3.05) is 6.61 Å². The smallest absolute Gasteiger partial charge is 0.174 e. The van der Waals surface area contributed by atoms with E-state index >= 15 is 0 Å². The summed E-state index contributed by atoms with van der Waals surface area (Å²) in [5, 5.41) is 8.75. The minimum atomic E-state index is -0.369. The quantitative estimate of drug-likeness (QED) is 0.836. The first-order valence-electron chi connectivity index (χ1n) is 6.39. The van der Waals surface area contributed by atoms with Gasteiger partial charge in [0, 0.05) is 18.2 Å². The fourth-order valence-electron chi connectivity index (χ4n) is 2.29. The van der Waals surface area contributed by atoms with E-state index in [0.717, 1.165) is 11.3 Å². The van der Waals surface area contributed by atoms with E-state index in [-0.39, 0.29) is 24.7 Å². The van der Waals surface area contributed by atoms with Gasteiger partial charge in [-0.2, -0.15) is 5.26 Å². The van der Waals surface area contributed by atoms with Gasteiger partial charge >= 0.3 is 0 Å². The molecule has 1 unspecified atom stereocenters. The number of pyridine rings is 1. The number of carbonyl (C=O) groups is 1. The van der Waals surface area contributed by atoms with Gasteiger partial charge < -0.3 is 4.74 Å². The van der Waals surface area contributed by atoms with Gasteiger partial charge in [0.2, 0.25) is 0 Å². The van der Waals surface area contributed by atoms with Crippen LogP contribution in [0.15, 0.2) is 42.6 Å². The summed E-state index contributed by atoms with van der Waals surface area (Å²) in [7, 11) is 0. The van der Waals surface area contributed by atoms with Crippen LogP contribution in [-0.4, -0.2) is 17.4 Å². The van der Waals surface area contributed by atoms with Crippen molar-refractivity contribution in [2.24, 2.45) is 5.92 Å². The summed E-state index contributed by atoms with van der Waals surface area (Å²) < 4.78 is 5.56. The van der Waals surface area contributed by atoms with Crippen molar-refractivity contribution < 1.29 is 9.53 Å². The number of ketones is 1. The minimum Gasteiger partial charge on any atom is -0.492 e. The maximum Gasteiger partial charge on any atom is 0.174 e. The summed E-state index contributed by atoms with van der Waals surface area (Å²) in [5.41, 5.74) is 2.23. The van der Waals surface area contributed by atoms with Gasteiger partial charge in [-0.3, -0.25) is 9.78 Å². The molecule has 0 radical (unpaired) electrons. The molecule has 3 rings (SSSR count). The van der Waals surface area contributed by atoms with Crippen molar-refractivity contribution in [3.05, 3.63) is 48.2 Å². The highest BCUT2D eigenvalue weighted by Crippen LogP contribution is 2.32. The Bertz CT molecular complexity index is 689. The summed E-state index contributed by atoms with van der Waals surface area (Å²) >= 11 is 0. The predicted octanol–water partition coefficient (Wildman–Crippen LogP) is 2.85. The predicted molar refractivity (Wildman–Crippen MR) is 73.2 cm³/mol. The van der Waals surface area contributed by atoms with Crippen LogP contribution < -0.4 is 4.74 Å². The first-order chi connectivity index (χ1) is 9.79. The second kappa shape index (κ2) is 5.14. The third kappa shape index (κ3) is 2.14. The molecule has 0 saturated heterocycles. The molecule has 0 N–H and O–H groups in total. The number of hydrogen-bond acceptors (Lipinski definition) is 4. The van der Waals surface area contributed by atoms with E-state index in [1.54, 1.807) is 18.3 Å². The monoisotopic (exact) mass is 264 g/mol. The average molecular weight is 264 g/mol. The van der Waals surface area contributed by atoms with Crippen LogP contribution in [0.1, 0.15) is 16.8 Å². The summed E-state index contributed by atoms with van der Waals surface area (Å²) in [6, 6.07) is 13.1. The number of fused-ring (bicyclic) bond motifs is 1. The van der Waals surface area contributed by atoms with Crippen molar-refractivity contribution in [2.45, 2.75) is 6.42 Å². The Balaban J connectivity index is 2.01. The number of rotatable bonds is 2. The van der Waals surface area contributed by atoms with Crippen molar-refractivity contribution in [3.63, 3.8) is 0 Å². The maximum absolute atomic E-state index is 12.3. The lowest BCUT2D eigenvalue weighted by Gasteiger charge is -2.22. The molecule has 20 heavy (non-hydrogen) atoms. The van der Waals surface area contributed by atoms with Crippen LogP contribution >= 0.6 is 0 Å². The van der Waals surface area contributed by atoms with Crippen LogP contribution in [-0.2, 0) is 0 Å². The van der Waals surface area contributed by atoms with E-state index in [1.807, 2.05) is 30.3 Å². The summed E-state index contributed by atoms with van der Waals surface area (Å²) in [6.07, 6.45) is 1.90. The van der Waals surface area contributed by atoms with Crippen LogP contribution in [0.3, 0.4) is 0 Å². The molecule has 0 spiro atoms. The SMILES string of the molecule is N#CCC1COc2ccc(-c3ccccn3)cc2C1=O. The van der Waals surface area contributed by atoms with E-state index in [1.165, 1.54) is 0 Å². The van der Waals surface area contributed by atoms with Gasteiger partial charge in [0.25, 0.3) is 0 Å². The number of nitrogens with zero attached hydrogens (tertiary/aromatic N) is 2. The Morgan fingerprint density at radius 1 is 1.35 bits per heavy atom. The molecule has 2 aromatic rings. The van der Waals surface area contributed by atoms with Crippen LogP contribution in [0.4, 0.5) is 0 Å². The molecule has 98 valence electrons. The number of aromatic nitrogens is 1. The Hall–Kier alpha value is -2.67. The van der Waals surface area contributed by atoms with E-state index < -0.39 is 0 Å². The van der Waals surface area contributed by atoms with Gasteiger partial charge in [0.15, 0.2) is 5.78 Å². The third-order valence-corrected chi connectivity index (χ3v) is 3.35. The highest BCUT2D eigenvalue weighted by Gasteiger charge is 2.28. The van der Waals surface area contributed by atoms with Crippen molar-refractivity contribution in [1.82, 2.24) is 4.98 Å². The first-order valence-corrected chi connectivity index (χ1v) is 6.39. The van der Waals surface area contributed by atoms with Gasteiger partial charge in [0.05, 0.1) is 29.9 Å². The zero-order valence-electron chi connectivity index (χ0n) is 10.7. The van der Waals surface area contributed by atoms with Crippen LogP contribution in [0, 0.1) is 17.2 Å². The Morgan fingerprint density at radius 2 is 2.25 bits per heavy atom. The zero-order chi connectivity index (χ0) is 13.9. The molecule has 4 heteroatoms. The first kappa shape index (κ1) is 12.4. The number of Topliss-reactive ketones (excluding diaryl/α,β-unsaturated/α-hetero) is 1. The molecular weight excluding hydrogens is 252 g/mol. The van der Waals surface area contributed by atoms with Crippen molar-refractivity contribution in [3.8, 4) is 23.1 Å². The van der Waals surface area contributed by atoms with Gasteiger partial charge in [-0.25, -0.2) is 0 Å². The molecular formula is C16H12N2O2. The molecule has 0 fully saturated rings. The number of hydrogen-bond donors (Lipinski definition) is 0. The van der Waals surface area contributed by atoms with E-state index in [9.17, 15) is 4.79 Å². The zero-order valence-corrected chi connectivity index (χ0v) is 10.7. The summed E-state index contributed by atoms with van der Waals surface area (Å²) in [4.78, 5) is 16.6. The Morgan fingerprint density at radius 3 is 3.00 bits per heavy atom. The Labute approximate surface area is 116 Å². The standard InChI is InChI=1S/C16H12N2O2/c17-7-6-12-10-20-15-5-4-11(9-13(15)16(12)19)14-3-1-2-8-18-14/h1-5,8-9,12H,6,10H2. The molecule has 0 bridgehead atoms. The molecule has 0 saturated carbocycles. The molecule has 1 aromatic carbocycles. The number of benzene rings is 1. The highest BCUT2D eigenvalue weighted by atomic mass is 16.5. The highest BCUT2D eigenvalue weighted by molar-refractivity contribution is 6.02. The summed E-state index contributed by atoms with van der Waals surface area (Å²) in [5.74, 6) is 0.195. The average Bonchev–Trinajstić information content (AvgIpc) is 2.51. The second-order valence-electron chi connectivity index (χ2n) is 4.66. The molecule has 4 nitrogen and oxygen atoms in total. The third-order valence-electron chi connectivity index (χ3n) is 3.35. The van der Waals surface area contributed by atoms with Gasteiger partial charge in [0.1, 0.15) is 5.75 Å². The normalized spacial score (nSPS) is 16.9. The molecule has 0 amide bonds. The number of carbonyl (C=O) groups excluding carboxylic acids is 1. The van der Waals surface area contributed by atoms with Crippen molar-refractivity contribution >= 4 is 5.78 Å². The minimum absolute atomic E-state index is 0.0226. The molecule has 1 atom stereocenters. The van der Waals surface area contributed by atoms with E-state index in [4.69, 9.17) is 10.00 Å². The Kier molecular flexibility index (Phi) is 3.18. The molecule has 1 aliphatic heterocycles. The molecule has 0 aliphatic carbocycles. The summed E-state index contributed by atoms with van der Waals surface area (Å²) in [6.45, 7) is 0.280. The molecule has 1 aromatic heterocycles. The van der Waals surface area contributed by atoms with Crippen LogP contribution in [0.2, 0.25) is 0 Å². The van der Waals surface area contributed by atoms with Crippen molar-refractivity contribution in [1.29, 1.82) is 5.26 Å². The van der Waals surface area contributed by atoms with Crippen LogP contribution in [0.25, 0.3) is 11.3 Å². The largest absolute Gasteiger partial charge is 0.492 e. The lowest BCUT2D eigenvalue weighted by atomic mass is 9.91. The number of nitriles is 1. The van der Waals surface area contributed by atoms with E-state index in [0.29, 0.717) is 11.3 Å². The van der Waals surface area contributed by atoms with E-state index in [2.05, 4.69) is 4.98 Å².